The second-order valence-corrected chi connectivity index (χ2v) is 5.89. The predicted molar refractivity (Wildman–Crippen MR) is 82.3 cm³/mol. The van der Waals surface area contributed by atoms with E-state index < -0.39 is 0 Å². The van der Waals surface area contributed by atoms with Crippen LogP contribution in [-0.2, 0) is 17.6 Å². The van der Waals surface area contributed by atoms with Crippen LogP contribution in [0.15, 0.2) is 47.5 Å². The first kappa shape index (κ1) is 13.1. The molecule has 0 aromatic carbocycles. The Morgan fingerprint density at radius 2 is 2.32 bits per heavy atom. The molecule has 1 fully saturated rings. The van der Waals surface area contributed by atoms with Crippen LogP contribution in [0, 0.1) is 5.92 Å². The minimum Gasteiger partial charge on any atom is -0.472 e. The van der Waals surface area contributed by atoms with Gasteiger partial charge in [0, 0.05) is 30.9 Å². The molecule has 0 saturated carbocycles. The lowest BCUT2D eigenvalue weighted by atomic mass is 9.93. The third kappa shape index (κ3) is 2.39. The Morgan fingerprint density at radius 1 is 1.41 bits per heavy atom. The number of pyridine rings is 1. The number of hydrogen-bond acceptors (Lipinski definition) is 3. The molecule has 1 N–H and O–H groups in total. The van der Waals surface area contributed by atoms with Gasteiger partial charge in [-0.3, -0.25) is 4.79 Å². The van der Waals surface area contributed by atoms with Crippen LogP contribution in [-0.4, -0.2) is 33.9 Å². The van der Waals surface area contributed by atoms with Gasteiger partial charge in [0.05, 0.1) is 18.9 Å². The highest BCUT2D eigenvalue weighted by Crippen LogP contribution is 2.23. The lowest BCUT2D eigenvalue weighted by molar-refractivity contribution is -0.136. The van der Waals surface area contributed by atoms with Crippen molar-refractivity contribution < 1.29 is 9.21 Å². The molecule has 3 aromatic heterocycles. The third-order valence-electron chi connectivity index (χ3n) is 4.29. The number of nitrogens with zero attached hydrogens (tertiary/aromatic N) is 2. The predicted octanol–water partition coefficient (Wildman–Crippen LogP) is 2.40. The molecule has 5 nitrogen and oxygen atoms in total. The summed E-state index contributed by atoms with van der Waals surface area (Å²) in [5.74, 6) is 0.736. The van der Waals surface area contributed by atoms with Gasteiger partial charge in [-0.2, -0.15) is 0 Å². The molecule has 4 rings (SSSR count). The van der Waals surface area contributed by atoms with Crippen LogP contribution < -0.4 is 0 Å². The quantitative estimate of drug-likeness (QED) is 0.804. The number of nitrogens with one attached hydrogen (secondary N) is 1. The molecule has 3 aromatic rings. The van der Waals surface area contributed by atoms with Gasteiger partial charge in [-0.15, -0.1) is 0 Å². The number of likely N-dealkylation sites (tertiary alicyclic amines) is 1. The summed E-state index contributed by atoms with van der Waals surface area (Å²) >= 11 is 0. The number of amides is 1. The van der Waals surface area contributed by atoms with Crippen molar-refractivity contribution in [2.75, 3.05) is 13.1 Å². The fraction of sp³-hybridized carbons (Fsp3) is 0.294. The molecule has 0 spiro atoms. The number of aromatic nitrogens is 2. The molecule has 0 unspecified atom stereocenters. The zero-order chi connectivity index (χ0) is 14.9. The van der Waals surface area contributed by atoms with Crippen molar-refractivity contribution in [1.82, 2.24) is 14.9 Å². The van der Waals surface area contributed by atoms with Gasteiger partial charge in [0.25, 0.3) is 0 Å². The van der Waals surface area contributed by atoms with Crippen molar-refractivity contribution in [2.45, 2.75) is 12.8 Å². The van der Waals surface area contributed by atoms with E-state index >= 15 is 0 Å². The molecule has 1 aliphatic rings. The molecular weight excluding hydrogens is 278 g/mol. The highest BCUT2D eigenvalue weighted by atomic mass is 16.3. The van der Waals surface area contributed by atoms with Crippen LogP contribution in [0.4, 0.5) is 0 Å². The zero-order valence-corrected chi connectivity index (χ0v) is 12.2. The number of aromatic amines is 1. The van der Waals surface area contributed by atoms with Gasteiger partial charge in [0.1, 0.15) is 5.65 Å². The van der Waals surface area contributed by atoms with Crippen LogP contribution in [0.2, 0.25) is 0 Å². The summed E-state index contributed by atoms with van der Waals surface area (Å²) in [5.41, 5.74) is 3.07. The summed E-state index contributed by atoms with van der Waals surface area (Å²) in [6.45, 7) is 1.68. The SMILES string of the molecule is O=C(Cc1c[nH]c2ncccc12)N1CC(Cc2ccoc2)C1. The van der Waals surface area contributed by atoms with Crippen molar-refractivity contribution in [3.8, 4) is 0 Å². The molecule has 0 atom stereocenters. The van der Waals surface area contributed by atoms with Crippen LogP contribution in [0.3, 0.4) is 0 Å². The van der Waals surface area contributed by atoms with Crippen molar-refractivity contribution in [1.29, 1.82) is 0 Å². The van der Waals surface area contributed by atoms with E-state index in [-0.39, 0.29) is 5.91 Å². The van der Waals surface area contributed by atoms with E-state index in [9.17, 15) is 4.79 Å². The van der Waals surface area contributed by atoms with Gasteiger partial charge in [-0.1, -0.05) is 0 Å². The molecule has 1 amide bonds. The Hall–Kier alpha value is -2.56. The lowest BCUT2D eigenvalue weighted by Gasteiger charge is -2.39. The Kier molecular flexibility index (Phi) is 3.18. The summed E-state index contributed by atoms with van der Waals surface area (Å²) in [4.78, 5) is 21.7. The van der Waals surface area contributed by atoms with E-state index in [0.717, 1.165) is 36.1 Å². The summed E-state index contributed by atoms with van der Waals surface area (Å²) in [5, 5.41) is 1.03. The number of carbonyl (C=O) groups is 1. The van der Waals surface area contributed by atoms with Crippen molar-refractivity contribution in [3.05, 3.63) is 54.2 Å². The molecule has 0 radical (unpaired) electrons. The average Bonchev–Trinajstić information content (AvgIpc) is 3.12. The van der Waals surface area contributed by atoms with Crippen LogP contribution in [0.1, 0.15) is 11.1 Å². The van der Waals surface area contributed by atoms with Crippen molar-refractivity contribution in [2.24, 2.45) is 5.92 Å². The minimum atomic E-state index is 0.188. The molecule has 22 heavy (non-hydrogen) atoms. The van der Waals surface area contributed by atoms with E-state index in [2.05, 4.69) is 9.97 Å². The highest BCUT2D eigenvalue weighted by molar-refractivity contribution is 5.87. The number of carbonyl (C=O) groups excluding carboxylic acids is 1. The van der Waals surface area contributed by atoms with Gasteiger partial charge in [-0.05, 0) is 41.7 Å². The molecular formula is C17H17N3O2. The number of hydrogen-bond donors (Lipinski definition) is 1. The van der Waals surface area contributed by atoms with Gasteiger partial charge in [0.2, 0.25) is 5.91 Å². The van der Waals surface area contributed by atoms with Crippen LogP contribution in [0.25, 0.3) is 11.0 Å². The van der Waals surface area contributed by atoms with E-state index in [1.807, 2.05) is 29.3 Å². The maximum absolute atomic E-state index is 12.4. The van der Waals surface area contributed by atoms with Gasteiger partial charge in [-0.25, -0.2) is 4.98 Å². The van der Waals surface area contributed by atoms with Gasteiger partial charge >= 0.3 is 0 Å². The number of fused-ring (bicyclic) bond motifs is 1. The summed E-state index contributed by atoms with van der Waals surface area (Å²) in [6.07, 6.45) is 8.53. The van der Waals surface area contributed by atoms with Crippen LogP contribution >= 0.6 is 0 Å². The summed E-state index contributed by atoms with van der Waals surface area (Å²) in [6, 6.07) is 5.89. The lowest BCUT2D eigenvalue weighted by Crippen LogP contribution is -2.51. The van der Waals surface area contributed by atoms with E-state index in [1.165, 1.54) is 5.56 Å². The summed E-state index contributed by atoms with van der Waals surface area (Å²) in [7, 11) is 0. The maximum atomic E-state index is 12.4. The minimum absolute atomic E-state index is 0.188. The highest BCUT2D eigenvalue weighted by Gasteiger charge is 2.30. The molecule has 5 heteroatoms. The first-order valence-corrected chi connectivity index (χ1v) is 7.49. The van der Waals surface area contributed by atoms with Gasteiger partial charge < -0.3 is 14.3 Å². The van der Waals surface area contributed by atoms with E-state index in [1.54, 1.807) is 18.7 Å². The van der Waals surface area contributed by atoms with Crippen LogP contribution in [0.5, 0.6) is 0 Å². The summed E-state index contributed by atoms with van der Waals surface area (Å²) < 4.78 is 5.08. The Morgan fingerprint density at radius 3 is 3.14 bits per heavy atom. The van der Waals surface area contributed by atoms with E-state index in [4.69, 9.17) is 4.42 Å². The fourth-order valence-corrected chi connectivity index (χ4v) is 3.08. The van der Waals surface area contributed by atoms with Gasteiger partial charge in [0.15, 0.2) is 0 Å². The number of rotatable bonds is 4. The first-order chi connectivity index (χ1) is 10.8. The Balaban J connectivity index is 1.36. The Bertz CT molecular complexity index is 785. The molecule has 1 aliphatic heterocycles. The van der Waals surface area contributed by atoms with Crippen molar-refractivity contribution >= 4 is 16.9 Å². The largest absolute Gasteiger partial charge is 0.472 e. The second kappa shape index (κ2) is 5.33. The smallest absolute Gasteiger partial charge is 0.227 e. The molecule has 0 aliphatic carbocycles. The number of furan rings is 1. The fourth-order valence-electron chi connectivity index (χ4n) is 3.08. The standard InChI is InChI=1S/C17H17N3O2/c21-16(7-14-8-19-17-15(14)2-1-4-18-17)20-9-13(10-20)6-12-3-5-22-11-12/h1-5,8,11,13H,6-7,9-10H2,(H,18,19). The van der Waals surface area contributed by atoms with Crippen molar-refractivity contribution in [3.63, 3.8) is 0 Å². The first-order valence-electron chi connectivity index (χ1n) is 7.49. The maximum Gasteiger partial charge on any atom is 0.227 e. The molecule has 112 valence electrons. The molecule has 4 heterocycles. The monoisotopic (exact) mass is 295 g/mol. The zero-order valence-electron chi connectivity index (χ0n) is 12.2. The molecule has 1 saturated heterocycles. The average molecular weight is 295 g/mol. The Labute approximate surface area is 127 Å². The second-order valence-electron chi connectivity index (χ2n) is 5.89. The molecule has 0 bridgehead atoms. The van der Waals surface area contributed by atoms with E-state index in [0.29, 0.717) is 12.3 Å². The third-order valence-corrected chi connectivity index (χ3v) is 4.29. The number of H-pyrrole nitrogens is 1. The normalized spacial score (nSPS) is 15.2. The topological polar surface area (TPSA) is 62.1 Å².